The van der Waals surface area contributed by atoms with Crippen LogP contribution in [-0.2, 0) is 4.79 Å². The molecule has 8 nitrogen and oxygen atoms in total. The summed E-state index contributed by atoms with van der Waals surface area (Å²) in [6.45, 7) is 1.71. The molecule has 1 amide bonds. The molecule has 3 aromatic heterocycles. The van der Waals surface area contributed by atoms with Gasteiger partial charge in [-0.05, 0) is 49.3 Å². The minimum absolute atomic E-state index is 0.0753. The third-order valence-electron chi connectivity index (χ3n) is 6.93. The summed E-state index contributed by atoms with van der Waals surface area (Å²) in [6.07, 6.45) is 9.92. The van der Waals surface area contributed by atoms with Crippen molar-refractivity contribution in [3.63, 3.8) is 0 Å². The van der Waals surface area contributed by atoms with Gasteiger partial charge in [0, 0.05) is 62.3 Å². The fraction of sp³-hybridized carbons (Fsp3) is 0.400. The number of hydrogen-bond acceptors (Lipinski definition) is 7. The average Bonchev–Trinajstić information content (AvgIpc) is 3.27. The lowest BCUT2D eigenvalue weighted by molar-refractivity contribution is -0.126. The van der Waals surface area contributed by atoms with Crippen LogP contribution in [0.5, 0.6) is 0 Å². The summed E-state index contributed by atoms with van der Waals surface area (Å²) in [5, 5.41) is 5.94. The summed E-state index contributed by atoms with van der Waals surface area (Å²) in [7, 11) is 1.72. The zero-order chi connectivity index (χ0) is 23.5. The normalized spacial score (nSPS) is 22.1. The van der Waals surface area contributed by atoms with E-state index < -0.39 is 0 Å². The highest BCUT2D eigenvalue weighted by Gasteiger charge is 2.43. The van der Waals surface area contributed by atoms with Crippen LogP contribution in [-0.4, -0.2) is 46.0 Å². The summed E-state index contributed by atoms with van der Waals surface area (Å²) < 4.78 is 13.7. The van der Waals surface area contributed by atoms with Crippen molar-refractivity contribution < 1.29 is 9.18 Å². The Kier molecular flexibility index (Phi) is 6.08. The molecule has 2 fully saturated rings. The molecule has 176 valence electrons. The van der Waals surface area contributed by atoms with Crippen LogP contribution in [0.1, 0.15) is 32.1 Å². The number of pyridine rings is 2. The number of carbonyl (C=O) groups excluding carboxylic acids is 1. The SMILES string of the molecule is CNC(=O)C1CCCC2(CCN(c3cc(Nc4cc(F)ccn4)nc(-c4cccnc4)n3)C2)C1. The van der Waals surface area contributed by atoms with Crippen LogP contribution in [0.2, 0.25) is 0 Å². The van der Waals surface area contributed by atoms with Crippen LogP contribution < -0.4 is 15.5 Å². The van der Waals surface area contributed by atoms with Gasteiger partial charge in [0.05, 0.1) is 0 Å². The van der Waals surface area contributed by atoms with Gasteiger partial charge in [-0.3, -0.25) is 9.78 Å². The number of hydrogen-bond donors (Lipinski definition) is 2. The molecule has 4 heterocycles. The Morgan fingerprint density at radius 1 is 1.18 bits per heavy atom. The molecule has 2 unspecified atom stereocenters. The molecule has 3 aromatic rings. The predicted octanol–water partition coefficient (Wildman–Crippen LogP) is 3.95. The average molecular weight is 462 g/mol. The zero-order valence-corrected chi connectivity index (χ0v) is 19.2. The van der Waals surface area contributed by atoms with Crippen molar-refractivity contribution in [2.24, 2.45) is 11.3 Å². The van der Waals surface area contributed by atoms with E-state index in [4.69, 9.17) is 4.98 Å². The molecule has 1 saturated heterocycles. The van der Waals surface area contributed by atoms with Crippen molar-refractivity contribution in [3.05, 3.63) is 54.7 Å². The lowest BCUT2D eigenvalue weighted by atomic mass is 9.69. The van der Waals surface area contributed by atoms with Crippen molar-refractivity contribution in [1.82, 2.24) is 25.3 Å². The van der Waals surface area contributed by atoms with E-state index in [-0.39, 0.29) is 23.1 Å². The molecular weight excluding hydrogens is 433 g/mol. The fourth-order valence-electron chi connectivity index (χ4n) is 5.27. The van der Waals surface area contributed by atoms with Crippen molar-refractivity contribution in [3.8, 4) is 11.4 Å². The van der Waals surface area contributed by atoms with Gasteiger partial charge in [-0.15, -0.1) is 0 Å². The first-order chi connectivity index (χ1) is 16.5. The van der Waals surface area contributed by atoms with Gasteiger partial charge in [-0.25, -0.2) is 19.3 Å². The van der Waals surface area contributed by atoms with Crippen LogP contribution in [0.15, 0.2) is 48.9 Å². The second-order valence-corrected chi connectivity index (χ2v) is 9.24. The second-order valence-electron chi connectivity index (χ2n) is 9.24. The van der Waals surface area contributed by atoms with Crippen LogP contribution in [0.25, 0.3) is 11.4 Å². The number of nitrogens with zero attached hydrogens (tertiary/aromatic N) is 5. The first-order valence-corrected chi connectivity index (χ1v) is 11.7. The summed E-state index contributed by atoms with van der Waals surface area (Å²) in [6, 6.07) is 8.27. The third kappa shape index (κ3) is 4.69. The third-order valence-corrected chi connectivity index (χ3v) is 6.93. The number of carbonyl (C=O) groups is 1. The van der Waals surface area contributed by atoms with Crippen molar-refractivity contribution in [2.75, 3.05) is 30.4 Å². The van der Waals surface area contributed by atoms with Gasteiger partial charge < -0.3 is 15.5 Å². The van der Waals surface area contributed by atoms with Gasteiger partial charge in [-0.1, -0.05) is 6.42 Å². The van der Waals surface area contributed by atoms with Gasteiger partial charge in [0.2, 0.25) is 5.91 Å². The van der Waals surface area contributed by atoms with Crippen LogP contribution in [0.3, 0.4) is 0 Å². The molecule has 0 bridgehead atoms. The summed E-state index contributed by atoms with van der Waals surface area (Å²) in [5.41, 5.74) is 0.915. The van der Waals surface area contributed by atoms with E-state index in [9.17, 15) is 9.18 Å². The summed E-state index contributed by atoms with van der Waals surface area (Å²) in [5.74, 6) is 2.10. The van der Waals surface area contributed by atoms with E-state index in [1.54, 1.807) is 19.4 Å². The zero-order valence-electron chi connectivity index (χ0n) is 19.2. The van der Waals surface area contributed by atoms with E-state index >= 15 is 0 Å². The number of halogens is 1. The molecule has 2 aliphatic rings. The molecule has 0 aromatic carbocycles. The van der Waals surface area contributed by atoms with Crippen LogP contribution >= 0.6 is 0 Å². The predicted molar refractivity (Wildman–Crippen MR) is 128 cm³/mol. The molecule has 9 heteroatoms. The van der Waals surface area contributed by atoms with E-state index in [2.05, 4.69) is 30.5 Å². The lowest BCUT2D eigenvalue weighted by Gasteiger charge is -2.37. The van der Waals surface area contributed by atoms with Crippen molar-refractivity contribution in [1.29, 1.82) is 0 Å². The highest BCUT2D eigenvalue weighted by molar-refractivity contribution is 5.78. The maximum atomic E-state index is 13.7. The number of nitrogens with one attached hydrogen (secondary N) is 2. The van der Waals surface area contributed by atoms with Gasteiger partial charge in [0.1, 0.15) is 23.3 Å². The monoisotopic (exact) mass is 461 g/mol. The van der Waals surface area contributed by atoms with Crippen LogP contribution in [0, 0.1) is 17.2 Å². The Balaban J connectivity index is 1.44. The molecule has 1 spiro atoms. The highest BCUT2D eigenvalue weighted by atomic mass is 19.1. The van der Waals surface area contributed by atoms with Gasteiger partial charge in [0.25, 0.3) is 0 Å². The number of anilines is 3. The molecule has 2 atom stereocenters. The smallest absolute Gasteiger partial charge is 0.222 e. The number of aromatic nitrogens is 4. The molecule has 5 rings (SSSR count). The Hall–Kier alpha value is -3.62. The Morgan fingerprint density at radius 3 is 2.88 bits per heavy atom. The standard InChI is InChI=1S/C25H28FN7O/c1-27-24(34)17-4-2-7-25(14-17)8-11-33(16-25)22-13-21(30-20-12-19(26)6-10-29-20)31-23(32-22)18-5-3-9-28-15-18/h3,5-6,9-10,12-13,15,17H,2,4,7-8,11,14,16H2,1H3,(H,27,34)(H,29,30,31,32). The molecule has 0 radical (unpaired) electrons. The number of rotatable bonds is 5. The van der Waals surface area contributed by atoms with Crippen LogP contribution in [0.4, 0.5) is 21.8 Å². The summed E-state index contributed by atoms with van der Waals surface area (Å²) in [4.78, 5) is 32.5. The maximum absolute atomic E-state index is 13.7. The fourth-order valence-corrected chi connectivity index (χ4v) is 5.27. The molecule has 1 aliphatic carbocycles. The first-order valence-electron chi connectivity index (χ1n) is 11.7. The van der Waals surface area contributed by atoms with Crippen molar-refractivity contribution in [2.45, 2.75) is 32.1 Å². The highest BCUT2D eigenvalue weighted by Crippen LogP contribution is 2.47. The van der Waals surface area contributed by atoms with Gasteiger partial charge in [0.15, 0.2) is 5.82 Å². The largest absolute Gasteiger partial charge is 0.359 e. The number of amides is 1. The molecule has 1 aliphatic heterocycles. The topological polar surface area (TPSA) is 95.9 Å². The van der Waals surface area contributed by atoms with Gasteiger partial charge in [-0.2, -0.15) is 0 Å². The minimum Gasteiger partial charge on any atom is -0.359 e. The van der Waals surface area contributed by atoms with Crippen molar-refractivity contribution >= 4 is 23.4 Å². The minimum atomic E-state index is -0.372. The van der Waals surface area contributed by atoms with E-state index in [0.29, 0.717) is 17.5 Å². The Morgan fingerprint density at radius 2 is 2.09 bits per heavy atom. The first kappa shape index (κ1) is 22.2. The quantitative estimate of drug-likeness (QED) is 0.594. The van der Waals surface area contributed by atoms with E-state index in [0.717, 1.165) is 56.6 Å². The lowest BCUT2D eigenvalue weighted by Crippen LogP contribution is -2.38. The summed E-state index contributed by atoms with van der Waals surface area (Å²) >= 11 is 0. The molecular formula is C25H28FN7O. The Bertz CT molecular complexity index is 1170. The van der Waals surface area contributed by atoms with E-state index in [1.165, 1.54) is 18.3 Å². The maximum Gasteiger partial charge on any atom is 0.222 e. The Labute approximate surface area is 198 Å². The second kappa shape index (κ2) is 9.32. The van der Waals surface area contributed by atoms with E-state index in [1.807, 2.05) is 18.2 Å². The molecule has 34 heavy (non-hydrogen) atoms. The molecule has 2 N–H and O–H groups in total. The van der Waals surface area contributed by atoms with Gasteiger partial charge >= 0.3 is 0 Å². The molecule has 1 saturated carbocycles.